The first-order chi connectivity index (χ1) is 10.3. The fraction of sp³-hybridized carbons (Fsp3) is 0.235. The van der Waals surface area contributed by atoms with Crippen LogP contribution < -0.4 is 15.0 Å². The lowest BCUT2D eigenvalue weighted by molar-refractivity contribution is -0.121. The molecule has 4 heteroatoms. The van der Waals surface area contributed by atoms with Gasteiger partial charge in [0.2, 0.25) is 0 Å². The topological polar surface area (TPSA) is 41.6 Å². The Kier molecular flexibility index (Phi) is 3.77. The van der Waals surface area contributed by atoms with Gasteiger partial charge in [-0.05, 0) is 24.6 Å². The second kappa shape index (κ2) is 5.87. The van der Waals surface area contributed by atoms with E-state index in [0.29, 0.717) is 6.54 Å². The fourth-order valence-corrected chi connectivity index (χ4v) is 2.46. The molecule has 21 heavy (non-hydrogen) atoms. The first-order valence-corrected chi connectivity index (χ1v) is 7.13. The highest BCUT2D eigenvalue weighted by molar-refractivity contribution is 5.98. The molecule has 0 unspecified atom stereocenters. The van der Waals surface area contributed by atoms with Crippen molar-refractivity contribution in [2.24, 2.45) is 0 Å². The van der Waals surface area contributed by atoms with E-state index < -0.39 is 0 Å². The smallest absolute Gasteiger partial charge is 0.265 e. The number of nitrogens with zero attached hydrogens (tertiary/aromatic N) is 1. The van der Waals surface area contributed by atoms with E-state index in [4.69, 9.17) is 4.74 Å². The molecule has 1 heterocycles. The highest BCUT2D eigenvalue weighted by atomic mass is 16.5. The summed E-state index contributed by atoms with van der Waals surface area (Å²) in [6.45, 7) is 3.50. The van der Waals surface area contributed by atoms with Gasteiger partial charge in [0.25, 0.3) is 5.91 Å². The number of benzene rings is 2. The van der Waals surface area contributed by atoms with Crippen molar-refractivity contribution in [2.45, 2.75) is 13.5 Å². The number of anilines is 2. The van der Waals surface area contributed by atoms with Crippen LogP contribution >= 0.6 is 0 Å². The van der Waals surface area contributed by atoms with Gasteiger partial charge in [-0.2, -0.15) is 0 Å². The minimum Gasteiger partial charge on any atom is -0.481 e. The average Bonchev–Trinajstić information content (AvgIpc) is 2.54. The van der Waals surface area contributed by atoms with E-state index in [0.717, 1.165) is 23.7 Å². The fourth-order valence-electron chi connectivity index (χ4n) is 2.46. The van der Waals surface area contributed by atoms with Crippen LogP contribution in [-0.4, -0.2) is 19.1 Å². The zero-order valence-corrected chi connectivity index (χ0v) is 12.0. The number of ether oxygens (including phenoxy) is 1. The van der Waals surface area contributed by atoms with Crippen molar-refractivity contribution in [3.8, 4) is 5.75 Å². The largest absolute Gasteiger partial charge is 0.481 e. The van der Waals surface area contributed by atoms with Crippen molar-refractivity contribution in [1.82, 2.24) is 0 Å². The van der Waals surface area contributed by atoms with Crippen LogP contribution in [0.15, 0.2) is 48.5 Å². The molecule has 1 amide bonds. The van der Waals surface area contributed by atoms with Gasteiger partial charge in [0.1, 0.15) is 5.75 Å². The van der Waals surface area contributed by atoms with Crippen LogP contribution in [0.2, 0.25) is 0 Å². The molecule has 2 aromatic carbocycles. The Labute approximate surface area is 124 Å². The number of hydrogen-bond acceptors (Lipinski definition) is 3. The van der Waals surface area contributed by atoms with Gasteiger partial charge >= 0.3 is 0 Å². The number of hydrogen-bond donors (Lipinski definition) is 1. The second-order valence-corrected chi connectivity index (χ2v) is 4.95. The summed E-state index contributed by atoms with van der Waals surface area (Å²) < 4.78 is 5.53. The maximum absolute atomic E-state index is 11.8. The predicted molar refractivity (Wildman–Crippen MR) is 83.7 cm³/mol. The quantitative estimate of drug-likeness (QED) is 0.937. The number of fused-ring (bicyclic) bond motifs is 1. The van der Waals surface area contributed by atoms with Gasteiger partial charge in [0.15, 0.2) is 6.61 Å². The van der Waals surface area contributed by atoms with Gasteiger partial charge in [0, 0.05) is 24.8 Å². The predicted octanol–water partition coefficient (Wildman–Crippen LogP) is 3.04. The van der Waals surface area contributed by atoms with Crippen molar-refractivity contribution < 1.29 is 9.53 Å². The highest BCUT2D eigenvalue weighted by Gasteiger charge is 2.24. The van der Waals surface area contributed by atoms with Crippen LogP contribution in [0.5, 0.6) is 5.75 Å². The van der Waals surface area contributed by atoms with E-state index in [2.05, 4.69) is 17.4 Å². The molecule has 3 rings (SSSR count). The lowest BCUT2D eigenvalue weighted by atomic mass is 10.2. The van der Waals surface area contributed by atoms with Crippen LogP contribution in [0.1, 0.15) is 12.5 Å². The molecule has 108 valence electrons. The number of amides is 1. The van der Waals surface area contributed by atoms with Gasteiger partial charge in [-0.3, -0.25) is 4.79 Å². The van der Waals surface area contributed by atoms with E-state index >= 15 is 0 Å². The Balaban J connectivity index is 1.76. The Morgan fingerprint density at radius 3 is 2.76 bits per heavy atom. The molecular formula is C17H18N2O2. The Morgan fingerprint density at radius 1 is 1.19 bits per heavy atom. The summed E-state index contributed by atoms with van der Waals surface area (Å²) in [7, 11) is 0. The van der Waals surface area contributed by atoms with Crippen LogP contribution in [0.4, 0.5) is 11.4 Å². The zero-order chi connectivity index (χ0) is 14.7. The number of rotatable bonds is 4. The number of nitrogens with one attached hydrogen (secondary N) is 1. The van der Waals surface area contributed by atoms with E-state index in [1.54, 1.807) is 4.90 Å². The molecule has 1 aliphatic heterocycles. The molecular weight excluding hydrogens is 264 g/mol. The molecule has 1 N–H and O–H groups in total. The molecule has 2 aromatic rings. The van der Waals surface area contributed by atoms with Crippen LogP contribution in [0.25, 0.3) is 0 Å². The summed E-state index contributed by atoms with van der Waals surface area (Å²) in [6, 6.07) is 16.1. The van der Waals surface area contributed by atoms with Crippen LogP contribution in [0, 0.1) is 0 Å². The number of likely N-dealkylation sites (N-methyl/N-ethyl adjacent to an activating group) is 1. The van der Waals surface area contributed by atoms with Crippen molar-refractivity contribution in [1.29, 1.82) is 0 Å². The molecule has 0 spiro atoms. The van der Waals surface area contributed by atoms with Crippen LogP contribution in [-0.2, 0) is 11.3 Å². The number of carbonyl (C=O) groups excluding carboxylic acids is 1. The number of carbonyl (C=O) groups is 1. The summed E-state index contributed by atoms with van der Waals surface area (Å²) in [5.74, 6) is 0.768. The molecule has 1 aliphatic rings. The molecule has 0 saturated carbocycles. The minimum absolute atomic E-state index is 0.00925. The van der Waals surface area contributed by atoms with Crippen molar-refractivity contribution in [2.75, 3.05) is 23.4 Å². The van der Waals surface area contributed by atoms with Crippen molar-refractivity contribution in [3.05, 3.63) is 54.1 Å². The Morgan fingerprint density at radius 2 is 2.00 bits per heavy atom. The third-order valence-electron chi connectivity index (χ3n) is 3.56. The molecule has 0 bridgehead atoms. The lowest BCUT2D eigenvalue weighted by Crippen LogP contribution is -2.38. The molecule has 0 radical (unpaired) electrons. The molecule has 0 aromatic heterocycles. The Bertz CT molecular complexity index is 640. The van der Waals surface area contributed by atoms with Crippen molar-refractivity contribution in [3.63, 3.8) is 0 Å². The van der Waals surface area contributed by atoms with E-state index in [-0.39, 0.29) is 12.5 Å². The monoisotopic (exact) mass is 282 g/mol. The van der Waals surface area contributed by atoms with Gasteiger partial charge in [-0.1, -0.05) is 30.3 Å². The van der Waals surface area contributed by atoms with Crippen molar-refractivity contribution >= 4 is 17.3 Å². The van der Waals surface area contributed by atoms with Crippen LogP contribution in [0.3, 0.4) is 0 Å². The van der Waals surface area contributed by atoms with Gasteiger partial charge in [-0.25, -0.2) is 0 Å². The van der Waals surface area contributed by atoms with E-state index in [1.165, 1.54) is 5.56 Å². The molecule has 0 atom stereocenters. The summed E-state index contributed by atoms with van der Waals surface area (Å²) in [5.41, 5.74) is 3.06. The van der Waals surface area contributed by atoms with Gasteiger partial charge in [-0.15, -0.1) is 0 Å². The zero-order valence-electron chi connectivity index (χ0n) is 12.0. The highest BCUT2D eigenvalue weighted by Crippen LogP contribution is 2.34. The third kappa shape index (κ3) is 2.84. The van der Waals surface area contributed by atoms with Gasteiger partial charge in [0.05, 0.1) is 5.69 Å². The summed E-state index contributed by atoms with van der Waals surface area (Å²) in [5, 5.41) is 3.37. The first-order valence-electron chi connectivity index (χ1n) is 7.13. The van der Waals surface area contributed by atoms with E-state index in [1.807, 2.05) is 43.3 Å². The van der Waals surface area contributed by atoms with E-state index in [9.17, 15) is 4.79 Å². The maximum Gasteiger partial charge on any atom is 0.265 e. The summed E-state index contributed by atoms with van der Waals surface area (Å²) in [4.78, 5) is 13.5. The minimum atomic E-state index is 0.00925. The first kappa shape index (κ1) is 13.5. The lowest BCUT2D eigenvalue weighted by Gasteiger charge is -2.28. The average molecular weight is 282 g/mol. The second-order valence-electron chi connectivity index (χ2n) is 4.95. The Hall–Kier alpha value is -2.49. The summed E-state index contributed by atoms with van der Waals surface area (Å²) >= 11 is 0. The normalized spacial score (nSPS) is 13.6. The maximum atomic E-state index is 11.8. The third-order valence-corrected chi connectivity index (χ3v) is 3.56. The summed E-state index contributed by atoms with van der Waals surface area (Å²) in [6.07, 6.45) is 0. The molecule has 0 fully saturated rings. The molecule has 0 aliphatic carbocycles. The standard InChI is InChI=1S/C17H18N2O2/c1-2-19-15-9-8-14(10-16(15)21-12-17(19)20)18-11-13-6-4-3-5-7-13/h3-10,18H,2,11-12H2,1H3. The molecule has 0 saturated heterocycles. The SMILES string of the molecule is CCN1C(=O)COc2cc(NCc3ccccc3)ccc21. The van der Waals surface area contributed by atoms with Gasteiger partial charge < -0.3 is 15.0 Å². The molecule has 4 nitrogen and oxygen atoms in total.